The van der Waals surface area contributed by atoms with Crippen molar-refractivity contribution in [1.82, 2.24) is 9.97 Å². The molecule has 1 N–H and O–H groups in total. The molecule has 0 spiro atoms. The Kier molecular flexibility index (Phi) is 3.84. The Morgan fingerprint density at radius 1 is 1.64 bits per heavy atom. The molecule has 0 saturated heterocycles. The van der Waals surface area contributed by atoms with Crippen LogP contribution in [-0.2, 0) is 4.74 Å². The molecule has 76 valence electrons. The average molecular weight is 196 g/mol. The topological polar surface area (TPSA) is 72.0 Å². The van der Waals surface area contributed by atoms with E-state index >= 15 is 0 Å². The standard InChI is InChI=1S/C9H12N2O3/c1-2-3-6-14-9(13)8-10-5-4-7(12)11-8/h4-5H,2-3,6H2,1H3,(H,10,11,12). The van der Waals surface area contributed by atoms with Gasteiger partial charge in [-0.1, -0.05) is 13.3 Å². The molecular weight excluding hydrogens is 184 g/mol. The number of ether oxygens (including phenoxy) is 1. The van der Waals surface area contributed by atoms with E-state index in [4.69, 9.17) is 4.74 Å². The number of unbranched alkanes of at least 4 members (excludes halogenated alkanes) is 1. The van der Waals surface area contributed by atoms with Crippen molar-refractivity contribution in [2.24, 2.45) is 0 Å². The van der Waals surface area contributed by atoms with E-state index in [0.29, 0.717) is 6.61 Å². The summed E-state index contributed by atoms with van der Waals surface area (Å²) in [5.74, 6) is -0.634. The third-order valence-corrected chi connectivity index (χ3v) is 1.60. The van der Waals surface area contributed by atoms with Gasteiger partial charge in [-0.2, -0.15) is 0 Å². The van der Waals surface area contributed by atoms with Gasteiger partial charge < -0.3 is 9.72 Å². The molecule has 1 aromatic heterocycles. The van der Waals surface area contributed by atoms with Gasteiger partial charge in [-0.05, 0) is 6.42 Å². The monoisotopic (exact) mass is 196 g/mol. The summed E-state index contributed by atoms with van der Waals surface area (Å²) in [5, 5.41) is 0. The normalized spacial score (nSPS) is 9.79. The van der Waals surface area contributed by atoms with E-state index in [0.717, 1.165) is 12.8 Å². The highest BCUT2D eigenvalue weighted by molar-refractivity contribution is 5.84. The number of carbonyl (C=O) groups excluding carboxylic acids is 1. The van der Waals surface area contributed by atoms with Crippen LogP contribution in [0.3, 0.4) is 0 Å². The number of carbonyl (C=O) groups is 1. The van der Waals surface area contributed by atoms with Crippen LogP contribution in [0.4, 0.5) is 0 Å². The molecule has 0 radical (unpaired) electrons. The minimum absolute atomic E-state index is 0.0476. The highest BCUT2D eigenvalue weighted by Crippen LogP contribution is 1.93. The first kappa shape index (κ1) is 10.4. The molecule has 1 aromatic rings. The van der Waals surface area contributed by atoms with Crippen LogP contribution in [0.15, 0.2) is 17.1 Å². The van der Waals surface area contributed by atoms with Gasteiger partial charge in [0.05, 0.1) is 6.61 Å². The lowest BCUT2D eigenvalue weighted by Crippen LogP contribution is -2.16. The van der Waals surface area contributed by atoms with E-state index < -0.39 is 5.97 Å². The Bertz CT molecular complexity index is 359. The number of rotatable bonds is 4. The van der Waals surface area contributed by atoms with Crippen LogP contribution in [0.1, 0.15) is 30.4 Å². The van der Waals surface area contributed by atoms with Crippen LogP contribution < -0.4 is 5.56 Å². The fourth-order valence-corrected chi connectivity index (χ4v) is 0.851. The first-order chi connectivity index (χ1) is 6.74. The summed E-state index contributed by atoms with van der Waals surface area (Å²) in [6, 6.07) is 1.24. The van der Waals surface area contributed by atoms with Gasteiger partial charge in [0, 0.05) is 12.3 Å². The van der Waals surface area contributed by atoms with Gasteiger partial charge in [-0.3, -0.25) is 4.79 Å². The quantitative estimate of drug-likeness (QED) is 0.569. The minimum Gasteiger partial charge on any atom is -0.460 e. The van der Waals surface area contributed by atoms with Gasteiger partial charge in [-0.25, -0.2) is 9.78 Å². The zero-order valence-electron chi connectivity index (χ0n) is 7.95. The van der Waals surface area contributed by atoms with Crippen molar-refractivity contribution in [3.05, 3.63) is 28.4 Å². The lowest BCUT2D eigenvalue weighted by molar-refractivity contribution is 0.0485. The number of hydrogen-bond acceptors (Lipinski definition) is 4. The average Bonchev–Trinajstić information content (AvgIpc) is 2.18. The first-order valence-corrected chi connectivity index (χ1v) is 4.46. The van der Waals surface area contributed by atoms with Gasteiger partial charge in [0.2, 0.25) is 5.82 Å². The van der Waals surface area contributed by atoms with Gasteiger partial charge in [0.15, 0.2) is 0 Å². The Morgan fingerprint density at radius 2 is 2.43 bits per heavy atom. The van der Waals surface area contributed by atoms with Crippen LogP contribution in [0.5, 0.6) is 0 Å². The highest BCUT2D eigenvalue weighted by atomic mass is 16.5. The molecule has 14 heavy (non-hydrogen) atoms. The zero-order chi connectivity index (χ0) is 10.4. The van der Waals surface area contributed by atoms with Crippen LogP contribution >= 0.6 is 0 Å². The summed E-state index contributed by atoms with van der Waals surface area (Å²) < 4.78 is 4.85. The molecule has 1 rings (SSSR count). The number of aromatic nitrogens is 2. The van der Waals surface area contributed by atoms with Crippen molar-refractivity contribution < 1.29 is 9.53 Å². The van der Waals surface area contributed by atoms with Gasteiger partial charge >= 0.3 is 5.97 Å². The Morgan fingerprint density at radius 3 is 3.07 bits per heavy atom. The first-order valence-electron chi connectivity index (χ1n) is 4.46. The molecular formula is C9H12N2O3. The van der Waals surface area contributed by atoms with Crippen LogP contribution in [0, 0.1) is 0 Å². The number of H-pyrrole nitrogens is 1. The number of aromatic amines is 1. The predicted octanol–water partition coefficient (Wildman–Crippen LogP) is 0.727. The summed E-state index contributed by atoms with van der Waals surface area (Å²) in [4.78, 5) is 28.0. The molecule has 0 aliphatic carbocycles. The van der Waals surface area contributed by atoms with Crippen molar-refractivity contribution >= 4 is 5.97 Å². The number of nitrogens with zero attached hydrogens (tertiary/aromatic N) is 1. The second-order valence-electron chi connectivity index (χ2n) is 2.77. The number of esters is 1. The summed E-state index contributed by atoms with van der Waals surface area (Å²) >= 11 is 0. The lowest BCUT2D eigenvalue weighted by atomic mass is 10.4. The minimum atomic E-state index is -0.587. The van der Waals surface area contributed by atoms with Gasteiger partial charge in [0.1, 0.15) is 0 Å². The fourth-order valence-electron chi connectivity index (χ4n) is 0.851. The molecule has 0 atom stereocenters. The summed E-state index contributed by atoms with van der Waals surface area (Å²) in [7, 11) is 0. The molecule has 0 saturated carbocycles. The second kappa shape index (κ2) is 5.16. The number of nitrogens with one attached hydrogen (secondary N) is 1. The third-order valence-electron chi connectivity index (χ3n) is 1.60. The SMILES string of the molecule is CCCCOC(=O)c1nccc(=O)[nH]1. The van der Waals surface area contributed by atoms with Crippen molar-refractivity contribution in [3.63, 3.8) is 0 Å². The molecule has 0 aliphatic rings. The smallest absolute Gasteiger partial charge is 0.374 e. The van der Waals surface area contributed by atoms with Crippen molar-refractivity contribution in [1.29, 1.82) is 0 Å². The fraction of sp³-hybridized carbons (Fsp3) is 0.444. The Labute approximate surface area is 81.1 Å². The molecule has 5 nitrogen and oxygen atoms in total. The molecule has 0 bridgehead atoms. The van der Waals surface area contributed by atoms with Crippen molar-refractivity contribution in [2.75, 3.05) is 6.61 Å². The highest BCUT2D eigenvalue weighted by Gasteiger charge is 2.08. The molecule has 5 heteroatoms. The summed E-state index contributed by atoms with van der Waals surface area (Å²) in [6.07, 6.45) is 3.03. The van der Waals surface area contributed by atoms with E-state index in [-0.39, 0.29) is 11.4 Å². The summed E-state index contributed by atoms with van der Waals surface area (Å²) in [6.45, 7) is 2.35. The molecule has 0 unspecified atom stereocenters. The maximum Gasteiger partial charge on any atom is 0.374 e. The van der Waals surface area contributed by atoms with Crippen molar-refractivity contribution in [3.8, 4) is 0 Å². The van der Waals surface area contributed by atoms with Crippen molar-refractivity contribution in [2.45, 2.75) is 19.8 Å². The molecule has 1 heterocycles. The van der Waals surface area contributed by atoms with Gasteiger partial charge in [-0.15, -0.1) is 0 Å². The molecule has 0 aromatic carbocycles. The Hall–Kier alpha value is -1.65. The second-order valence-corrected chi connectivity index (χ2v) is 2.77. The van der Waals surface area contributed by atoms with Crippen LogP contribution in [-0.4, -0.2) is 22.5 Å². The maximum atomic E-state index is 11.2. The largest absolute Gasteiger partial charge is 0.460 e. The lowest BCUT2D eigenvalue weighted by Gasteiger charge is -2.01. The van der Waals surface area contributed by atoms with E-state index in [1.165, 1.54) is 12.3 Å². The molecule has 0 fully saturated rings. The number of hydrogen-bond donors (Lipinski definition) is 1. The van der Waals surface area contributed by atoms with Crippen LogP contribution in [0.25, 0.3) is 0 Å². The molecule has 0 amide bonds. The summed E-state index contributed by atoms with van der Waals surface area (Å²) in [5.41, 5.74) is -0.359. The van der Waals surface area contributed by atoms with E-state index in [2.05, 4.69) is 9.97 Å². The van der Waals surface area contributed by atoms with E-state index in [9.17, 15) is 9.59 Å². The zero-order valence-corrected chi connectivity index (χ0v) is 7.95. The Balaban J connectivity index is 2.56. The maximum absolute atomic E-state index is 11.2. The third kappa shape index (κ3) is 3.01. The van der Waals surface area contributed by atoms with Gasteiger partial charge in [0.25, 0.3) is 5.56 Å². The van der Waals surface area contributed by atoms with E-state index in [1.807, 2.05) is 6.92 Å². The predicted molar refractivity (Wildman–Crippen MR) is 50.0 cm³/mol. The van der Waals surface area contributed by atoms with E-state index in [1.54, 1.807) is 0 Å². The van der Waals surface area contributed by atoms with Crippen LogP contribution in [0.2, 0.25) is 0 Å². The molecule has 0 aliphatic heterocycles.